The lowest BCUT2D eigenvalue weighted by atomic mass is 9.92. The van der Waals surface area contributed by atoms with Gasteiger partial charge < -0.3 is 14.3 Å². The highest BCUT2D eigenvalue weighted by atomic mass is 35.5. The average molecular weight is 387 g/mol. The van der Waals surface area contributed by atoms with Crippen molar-refractivity contribution < 1.29 is 19.1 Å². The monoisotopic (exact) mass is 386 g/mol. The van der Waals surface area contributed by atoms with Gasteiger partial charge in [0.2, 0.25) is 11.8 Å². The Balaban J connectivity index is 2.13. The minimum absolute atomic E-state index is 0.188. The zero-order chi connectivity index (χ0) is 19.6. The number of carbonyl (C=O) groups is 1. The lowest BCUT2D eigenvalue weighted by Crippen LogP contribution is -2.09. The molecule has 3 aromatic rings. The fourth-order valence-corrected chi connectivity index (χ4v) is 3.24. The van der Waals surface area contributed by atoms with Crippen LogP contribution in [-0.2, 0) is 4.79 Å². The van der Waals surface area contributed by atoms with E-state index in [-0.39, 0.29) is 12.3 Å². The van der Waals surface area contributed by atoms with Crippen molar-refractivity contribution in [2.24, 2.45) is 0 Å². The first-order valence-corrected chi connectivity index (χ1v) is 8.72. The Morgan fingerprint density at radius 3 is 2.63 bits per heavy atom. The second kappa shape index (κ2) is 7.80. The van der Waals surface area contributed by atoms with E-state index in [1.165, 1.54) is 0 Å². The number of aliphatic carboxylic acids is 1. The highest BCUT2D eigenvalue weighted by molar-refractivity contribution is 6.31. The molecule has 6 nitrogen and oxygen atoms in total. The van der Waals surface area contributed by atoms with Gasteiger partial charge in [0.25, 0.3) is 0 Å². The molecule has 0 aliphatic carbocycles. The fourth-order valence-electron chi connectivity index (χ4n) is 2.99. The highest BCUT2D eigenvalue weighted by Crippen LogP contribution is 2.37. The summed E-state index contributed by atoms with van der Waals surface area (Å²) in [6.07, 6.45) is -0.188. The lowest BCUT2D eigenvalue weighted by molar-refractivity contribution is -0.137. The molecule has 0 bridgehead atoms. The van der Waals surface area contributed by atoms with Crippen LogP contribution in [0.3, 0.4) is 0 Å². The molecule has 1 atom stereocenters. The Kier molecular flexibility index (Phi) is 5.46. The summed E-state index contributed by atoms with van der Waals surface area (Å²) >= 11 is 6.35. The van der Waals surface area contributed by atoms with Gasteiger partial charge in [0.15, 0.2) is 0 Å². The molecule has 0 saturated heterocycles. The smallest absolute Gasteiger partial charge is 0.304 e. The Bertz CT molecular complexity index is 984. The minimum Gasteiger partial charge on any atom is -0.496 e. The molecule has 1 unspecified atom stereocenters. The van der Waals surface area contributed by atoms with Crippen LogP contribution in [0.2, 0.25) is 5.02 Å². The van der Waals surface area contributed by atoms with E-state index in [0.29, 0.717) is 22.2 Å². The number of carboxylic acid groups (broad SMARTS) is 1. The number of methoxy groups -OCH3 is 1. The molecule has 1 heterocycles. The van der Waals surface area contributed by atoms with Crippen molar-refractivity contribution >= 4 is 17.6 Å². The summed E-state index contributed by atoms with van der Waals surface area (Å²) in [7, 11) is 1.61. The molecule has 0 aliphatic rings. The maximum atomic E-state index is 11.4. The van der Waals surface area contributed by atoms with Crippen LogP contribution in [0.25, 0.3) is 11.1 Å². The number of aryl methyl sites for hydroxylation is 2. The quantitative estimate of drug-likeness (QED) is 0.665. The Morgan fingerprint density at radius 1 is 1.22 bits per heavy atom. The van der Waals surface area contributed by atoms with Gasteiger partial charge in [0.1, 0.15) is 5.75 Å². The molecule has 7 heteroatoms. The van der Waals surface area contributed by atoms with E-state index in [4.69, 9.17) is 20.8 Å². The summed E-state index contributed by atoms with van der Waals surface area (Å²) < 4.78 is 11.0. The number of ether oxygens (including phenoxy) is 1. The number of hydrogen-bond acceptors (Lipinski definition) is 5. The first-order valence-electron chi connectivity index (χ1n) is 8.34. The molecule has 0 amide bonds. The molecular weight excluding hydrogens is 368 g/mol. The van der Waals surface area contributed by atoms with E-state index in [9.17, 15) is 9.90 Å². The van der Waals surface area contributed by atoms with E-state index >= 15 is 0 Å². The molecule has 0 spiro atoms. The van der Waals surface area contributed by atoms with Gasteiger partial charge in [-0.3, -0.25) is 4.79 Å². The lowest BCUT2D eigenvalue weighted by Gasteiger charge is -2.15. The largest absolute Gasteiger partial charge is 0.496 e. The Labute approximate surface area is 161 Å². The van der Waals surface area contributed by atoms with Crippen LogP contribution < -0.4 is 4.74 Å². The maximum absolute atomic E-state index is 11.4. The van der Waals surface area contributed by atoms with E-state index in [1.54, 1.807) is 20.1 Å². The summed E-state index contributed by atoms with van der Waals surface area (Å²) in [5.41, 5.74) is 3.45. The molecule has 0 aliphatic heterocycles. The zero-order valence-electron chi connectivity index (χ0n) is 15.2. The first-order chi connectivity index (χ1) is 12.9. The van der Waals surface area contributed by atoms with E-state index < -0.39 is 11.9 Å². The van der Waals surface area contributed by atoms with Crippen molar-refractivity contribution in [3.8, 4) is 16.9 Å². The van der Waals surface area contributed by atoms with Gasteiger partial charge >= 0.3 is 5.97 Å². The van der Waals surface area contributed by atoms with E-state index in [1.807, 2.05) is 37.3 Å². The third-order valence-corrected chi connectivity index (χ3v) is 4.43. The van der Waals surface area contributed by atoms with Crippen LogP contribution in [0.15, 0.2) is 40.8 Å². The minimum atomic E-state index is -0.967. The standard InChI is InChI=1S/C20H19ClN2O4/c1-11-4-5-18(26-3)16(6-11)13-7-14(9-15(21)8-13)17(10-19(24)25)20-23-22-12(2)27-20/h4-9,17H,10H2,1-3H3,(H,24,25). The summed E-state index contributed by atoms with van der Waals surface area (Å²) in [6, 6.07) is 11.3. The van der Waals surface area contributed by atoms with Gasteiger partial charge in [0, 0.05) is 17.5 Å². The number of aromatic nitrogens is 2. The second-order valence-electron chi connectivity index (χ2n) is 6.29. The van der Waals surface area contributed by atoms with E-state index in [0.717, 1.165) is 16.7 Å². The van der Waals surface area contributed by atoms with Crippen molar-refractivity contribution in [1.82, 2.24) is 10.2 Å². The predicted octanol–water partition coefficient (Wildman–Crippen LogP) is 4.62. The molecule has 0 radical (unpaired) electrons. The molecular formula is C20H19ClN2O4. The van der Waals surface area contributed by atoms with Crippen LogP contribution in [0.1, 0.15) is 35.2 Å². The zero-order valence-corrected chi connectivity index (χ0v) is 15.9. The topological polar surface area (TPSA) is 85.5 Å². The van der Waals surface area contributed by atoms with Crippen molar-refractivity contribution in [3.63, 3.8) is 0 Å². The molecule has 1 N–H and O–H groups in total. The van der Waals surface area contributed by atoms with Crippen LogP contribution in [0.5, 0.6) is 5.75 Å². The molecule has 2 aromatic carbocycles. The Morgan fingerprint density at radius 2 is 2.00 bits per heavy atom. The normalized spacial score (nSPS) is 12.0. The number of halogens is 1. The van der Waals surface area contributed by atoms with Gasteiger partial charge in [-0.2, -0.15) is 0 Å². The second-order valence-corrected chi connectivity index (χ2v) is 6.72. The molecule has 0 fully saturated rings. The number of hydrogen-bond donors (Lipinski definition) is 1. The summed E-state index contributed by atoms with van der Waals surface area (Å²) in [5.74, 6) is -0.234. The summed E-state index contributed by atoms with van der Waals surface area (Å²) in [6.45, 7) is 3.65. The van der Waals surface area contributed by atoms with Crippen LogP contribution in [0, 0.1) is 13.8 Å². The van der Waals surface area contributed by atoms with Crippen molar-refractivity contribution in [2.45, 2.75) is 26.2 Å². The SMILES string of the molecule is COc1ccc(C)cc1-c1cc(Cl)cc(C(CC(=O)O)c2nnc(C)o2)c1. The summed E-state index contributed by atoms with van der Waals surface area (Å²) in [5, 5.41) is 17.7. The molecule has 3 rings (SSSR count). The van der Waals surface area contributed by atoms with Crippen molar-refractivity contribution in [3.05, 3.63) is 64.3 Å². The van der Waals surface area contributed by atoms with Crippen molar-refractivity contribution in [1.29, 1.82) is 0 Å². The Hall–Kier alpha value is -2.86. The van der Waals surface area contributed by atoms with Crippen LogP contribution in [0.4, 0.5) is 0 Å². The predicted molar refractivity (Wildman–Crippen MR) is 101 cm³/mol. The van der Waals surface area contributed by atoms with Crippen LogP contribution in [-0.4, -0.2) is 28.4 Å². The molecule has 1 aromatic heterocycles. The number of carboxylic acids is 1. The molecule has 140 valence electrons. The summed E-state index contributed by atoms with van der Waals surface area (Å²) in [4.78, 5) is 11.4. The van der Waals surface area contributed by atoms with Crippen LogP contribution >= 0.6 is 11.6 Å². The average Bonchev–Trinajstić information content (AvgIpc) is 3.05. The van der Waals surface area contributed by atoms with Gasteiger partial charge in [-0.1, -0.05) is 29.3 Å². The third-order valence-electron chi connectivity index (χ3n) is 4.21. The number of benzene rings is 2. The molecule has 27 heavy (non-hydrogen) atoms. The van der Waals surface area contributed by atoms with E-state index in [2.05, 4.69) is 10.2 Å². The fraction of sp³-hybridized carbons (Fsp3) is 0.250. The van der Waals surface area contributed by atoms with Gasteiger partial charge in [-0.05, 0) is 42.3 Å². The maximum Gasteiger partial charge on any atom is 0.304 e. The number of nitrogens with zero attached hydrogens (tertiary/aromatic N) is 2. The third kappa shape index (κ3) is 4.28. The van der Waals surface area contributed by atoms with Gasteiger partial charge in [-0.15, -0.1) is 10.2 Å². The van der Waals surface area contributed by atoms with Gasteiger partial charge in [-0.25, -0.2) is 0 Å². The first kappa shape index (κ1) is 18.9. The molecule has 0 saturated carbocycles. The van der Waals surface area contributed by atoms with Crippen molar-refractivity contribution in [2.75, 3.05) is 7.11 Å². The highest BCUT2D eigenvalue weighted by Gasteiger charge is 2.24. The van der Waals surface area contributed by atoms with Gasteiger partial charge in [0.05, 0.1) is 19.4 Å². The number of rotatable bonds is 6.